The monoisotopic (exact) mass is 272 g/mol. The van der Waals surface area contributed by atoms with E-state index in [4.69, 9.17) is 4.98 Å². The standard InChI is InChI=1S/C16H24N4/c1-19-8-4-13-10-17-15(18-14(13)11-19)20-9-7-16(12-20)5-2-3-6-16/h10H,2-9,11-12H2,1H3. The summed E-state index contributed by atoms with van der Waals surface area (Å²) in [6.07, 6.45) is 10.2. The van der Waals surface area contributed by atoms with Gasteiger partial charge in [0.15, 0.2) is 0 Å². The second kappa shape index (κ2) is 4.69. The van der Waals surface area contributed by atoms with Crippen LogP contribution in [0.25, 0.3) is 0 Å². The minimum atomic E-state index is 0.593. The van der Waals surface area contributed by atoms with Crippen molar-refractivity contribution in [2.75, 3.05) is 31.6 Å². The number of hydrogen-bond acceptors (Lipinski definition) is 4. The van der Waals surface area contributed by atoms with Gasteiger partial charge in [0.1, 0.15) is 0 Å². The van der Waals surface area contributed by atoms with Gasteiger partial charge in [-0.2, -0.15) is 0 Å². The van der Waals surface area contributed by atoms with E-state index in [0.29, 0.717) is 5.41 Å². The Morgan fingerprint density at radius 2 is 2.00 bits per heavy atom. The average molecular weight is 272 g/mol. The summed E-state index contributed by atoms with van der Waals surface area (Å²) >= 11 is 0. The zero-order chi connectivity index (χ0) is 13.6. The maximum atomic E-state index is 4.87. The highest BCUT2D eigenvalue weighted by atomic mass is 15.3. The van der Waals surface area contributed by atoms with E-state index in [-0.39, 0.29) is 0 Å². The van der Waals surface area contributed by atoms with Crippen molar-refractivity contribution < 1.29 is 0 Å². The zero-order valence-corrected chi connectivity index (χ0v) is 12.4. The van der Waals surface area contributed by atoms with Gasteiger partial charge in [-0.25, -0.2) is 9.97 Å². The van der Waals surface area contributed by atoms with Gasteiger partial charge in [0.05, 0.1) is 5.69 Å². The smallest absolute Gasteiger partial charge is 0.225 e. The molecular weight excluding hydrogens is 248 g/mol. The summed E-state index contributed by atoms with van der Waals surface area (Å²) in [6.45, 7) is 4.43. The largest absolute Gasteiger partial charge is 0.340 e. The van der Waals surface area contributed by atoms with Gasteiger partial charge in [-0.05, 0) is 43.7 Å². The van der Waals surface area contributed by atoms with Crippen molar-refractivity contribution in [1.82, 2.24) is 14.9 Å². The number of nitrogens with zero attached hydrogens (tertiary/aromatic N) is 4. The predicted molar refractivity (Wildman–Crippen MR) is 79.8 cm³/mol. The second-order valence-corrected chi connectivity index (χ2v) is 7.01. The Morgan fingerprint density at radius 3 is 2.85 bits per heavy atom. The molecule has 4 heteroatoms. The maximum Gasteiger partial charge on any atom is 0.225 e. The molecule has 1 aromatic rings. The Labute approximate surface area is 121 Å². The van der Waals surface area contributed by atoms with Crippen LogP contribution in [0.15, 0.2) is 6.20 Å². The molecule has 0 atom stereocenters. The van der Waals surface area contributed by atoms with Crippen LogP contribution in [0.2, 0.25) is 0 Å². The number of likely N-dealkylation sites (N-methyl/N-ethyl adjacent to an activating group) is 1. The third-order valence-electron chi connectivity index (χ3n) is 5.51. The number of hydrogen-bond donors (Lipinski definition) is 0. The highest BCUT2D eigenvalue weighted by Gasteiger charge is 2.41. The molecule has 3 aliphatic rings. The van der Waals surface area contributed by atoms with Crippen molar-refractivity contribution in [1.29, 1.82) is 0 Å². The van der Waals surface area contributed by atoms with Gasteiger partial charge in [-0.15, -0.1) is 0 Å². The number of anilines is 1. The molecule has 0 radical (unpaired) electrons. The lowest BCUT2D eigenvalue weighted by Gasteiger charge is -2.26. The van der Waals surface area contributed by atoms with Gasteiger partial charge in [0.2, 0.25) is 5.95 Å². The summed E-state index contributed by atoms with van der Waals surface area (Å²) in [5.74, 6) is 0.975. The predicted octanol–water partition coefficient (Wildman–Crippen LogP) is 2.24. The second-order valence-electron chi connectivity index (χ2n) is 7.01. The summed E-state index contributed by atoms with van der Waals surface area (Å²) in [5.41, 5.74) is 3.19. The summed E-state index contributed by atoms with van der Waals surface area (Å²) < 4.78 is 0. The van der Waals surface area contributed by atoms with Crippen LogP contribution in [0, 0.1) is 5.41 Å². The fraction of sp³-hybridized carbons (Fsp3) is 0.750. The quantitative estimate of drug-likeness (QED) is 0.785. The summed E-state index contributed by atoms with van der Waals surface area (Å²) in [6, 6.07) is 0. The van der Waals surface area contributed by atoms with E-state index >= 15 is 0 Å². The van der Waals surface area contributed by atoms with E-state index in [2.05, 4.69) is 28.0 Å². The van der Waals surface area contributed by atoms with Gasteiger partial charge in [-0.1, -0.05) is 12.8 Å². The molecule has 1 spiro atoms. The number of fused-ring (bicyclic) bond motifs is 1. The lowest BCUT2D eigenvalue weighted by Crippen LogP contribution is -2.30. The highest BCUT2D eigenvalue weighted by Crippen LogP contribution is 2.45. The minimum Gasteiger partial charge on any atom is -0.340 e. The van der Waals surface area contributed by atoms with E-state index in [0.717, 1.165) is 32.0 Å². The topological polar surface area (TPSA) is 32.3 Å². The first-order valence-electron chi connectivity index (χ1n) is 8.02. The van der Waals surface area contributed by atoms with Crippen LogP contribution in [0.4, 0.5) is 5.95 Å². The lowest BCUT2D eigenvalue weighted by molar-refractivity contribution is 0.307. The van der Waals surface area contributed by atoms with E-state index in [1.54, 1.807) is 0 Å². The SMILES string of the molecule is CN1CCc2cnc(N3CCC4(CCCC4)C3)nc2C1. The van der Waals surface area contributed by atoms with Crippen molar-refractivity contribution in [2.24, 2.45) is 5.41 Å². The van der Waals surface area contributed by atoms with Gasteiger partial charge in [0.25, 0.3) is 0 Å². The molecule has 1 aromatic heterocycles. The van der Waals surface area contributed by atoms with E-state index in [1.165, 1.54) is 49.9 Å². The van der Waals surface area contributed by atoms with Crippen LogP contribution in [0.3, 0.4) is 0 Å². The molecule has 1 saturated carbocycles. The highest BCUT2D eigenvalue weighted by molar-refractivity contribution is 5.36. The molecule has 1 aliphatic carbocycles. The molecular formula is C16H24N4. The van der Waals surface area contributed by atoms with Crippen LogP contribution in [-0.4, -0.2) is 41.5 Å². The molecule has 4 nitrogen and oxygen atoms in total. The van der Waals surface area contributed by atoms with E-state index < -0.39 is 0 Å². The molecule has 108 valence electrons. The average Bonchev–Trinajstić information content (AvgIpc) is 3.09. The van der Waals surface area contributed by atoms with Gasteiger partial charge >= 0.3 is 0 Å². The Bertz CT molecular complexity index is 507. The first-order valence-corrected chi connectivity index (χ1v) is 8.02. The summed E-state index contributed by atoms with van der Waals surface area (Å²) in [4.78, 5) is 14.3. The van der Waals surface area contributed by atoms with Crippen molar-refractivity contribution >= 4 is 5.95 Å². The van der Waals surface area contributed by atoms with Crippen LogP contribution >= 0.6 is 0 Å². The summed E-state index contributed by atoms with van der Waals surface area (Å²) in [7, 11) is 2.17. The van der Waals surface area contributed by atoms with Crippen molar-refractivity contribution in [3.8, 4) is 0 Å². The molecule has 3 heterocycles. The van der Waals surface area contributed by atoms with Gasteiger partial charge in [0, 0.05) is 32.4 Å². The van der Waals surface area contributed by atoms with Crippen molar-refractivity contribution in [3.05, 3.63) is 17.5 Å². The van der Waals surface area contributed by atoms with Crippen LogP contribution in [0.1, 0.15) is 43.4 Å². The fourth-order valence-electron chi connectivity index (χ4n) is 4.21. The van der Waals surface area contributed by atoms with E-state index in [1.807, 2.05) is 0 Å². The first kappa shape index (κ1) is 12.6. The lowest BCUT2D eigenvalue weighted by atomic mass is 9.86. The molecule has 0 bridgehead atoms. The number of aromatic nitrogens is 2. The van der Waals surface area contributed by atoms with Crippen LogP contribution in [0.5, 0.6) is 0 Å². The van der Waals surface area contributed by atoms with Gasteiger partial charge in [-0.3, -0.25) is 0 Å². The third kappa shape index (κ3) is 2.10. The van der Waals surface area contributed by atoms with E-state index in [9.17, 15) is 0 Å². The van der Waals surface area contributed by atoms with Gasteiger partial charge < -0.3 is 9.80 Å². The molecule has 0 N–H and O–H groups in total. The third-order valence-corrected chi connectivity index (χ3v) is 5.51. The fourth-order valence-corrected chi connectivity index (χ4v) is 4.21. The van der Waals surface area contributed by atoms with Crippen LogP contribution < -0.4 is 4.90 Å². The molecule has 0 aromatic carbocycles. The minimum absolute atomic E-state index is 0.593. The van der Waals surface area contributed by atoms with Crippen molar-refractivity contribution in [2.45, 2.75) is 45.1 Å². The Kier molecular flexibility index (Phi) is 2.95. The Hall–Kier alpha value is -1.16. The molecule has 4 rings (SSSR count). The molecule has 20 heavy (non-hydrogen) atoms. The first-order chi connectivity index (χ1) is 9.74. The zero-order valence-electron chi connectivity index (χ0n) is 12.4. The number of rotatable bonds is 1. The summed E-state index contributed by atoms with van der Waals surface area (Å²) in [5, 5.41) is 0. The Balaban J connectivity index is 1.56. The normalized spacial score (nSPS) is 25.4. The molecule has 2 fully saturated rings. The molecule has 1 saturated heterocycles. The molecule has 2 aliphatic heterocycles. The molecule has 0 amide bonds. The molecule has 0 unspecified atom stereocenters. The maximum absolute atomic E-state index is 4.87. The van der Waals surface area contributed by atoms with Crippen LogP contribution in [-0.2, 0) is 13.0 Å². The Morgan fingerprint density at radius 1 is 1.15 bits per heavy atom. The van der Waals surface area contributed by atoms with Crippen molar-refractivity contribution in [3.63, 3.8) is 0 Å².